The summed E-state index contributed by atoms with van der Waals surface area (Å²) in [5.74, 6) is 0.792. The third-order valence-electron chi connectivity index (χ3n) is 4.79. The lowest BCUT2D eigenvalue weighted by atomic mass is 10.2. The molecule has 0 unspecified atom stereocenters. The van der Waals surface area contributed by atoms with Crippen LogP contribution in [0.15, 0.2) is 71.7 Å². The van der Waals surface area contributed by atoms with E-state index in [4.69, 9.17) is 0 Å². The summed E-state index contributed by atoms with van der Waals surface area (Å²) < 4.78 is 3.11. The molecule has 0 saturated carbocycles. The molecule has 1 amide bonds. The highest BCUT2D eigenvalue weighted by Gasteiger charge is 2.24. The van der Waals surface area contributed by atoms with E-state index in [2.05, 4.69) is 42.9 Å². The van der Waals surface area contributed by atoms with Crippen LogP contribution in [0.2, 0.25) is 0 Å². The third-order valence-corrected chi connectivity index (χ3v) is 5.31. The van der Waals surface area contributed by atoms with E-state index >= 15 is 0 Å². The number of hydrogen-bond acceptors (Lipinski definition) is 4. The van der Waals surface area contributed by atoms with Gasteiger partial charge in [-0.1, -0.05) is 28.1 Å². The van der Waals surface area contributed by atoms with Crippen LogP contribution in [0.25, 0.3) is 0 Å². The molecule has 3 heterocycles. The van der Waals surface area contributed by atoms with E-state index in [0.717, 1.165) is 30.1 Å². The largest absolute Gasteiger partial charge is 1.00 e. The predicted octanol–water partition coefficient (Wildman–Crippen LogP) is -0.459. The van der Waals surface area contributed by atoms with Gasteiger partial charge in [0.15, 0.2) is 18.9 Å². The number of hydrogen-bond donors (Lipinski definition) is 0. The van der Waals surface area contributed by atoms with Crippen molar-refractivity contribution in [2.24, 2.45) is 0 Å². The van der Waals surface area contributed by atoms with E-state index in [1.54, 1.807) is 12.4 Å². The molecule has 0 bridgehead atoms. The summed E-state index contributed by atoms with van der Waals surface area (Å²) in [6.07, 6.45) is 7.41. The zero-order chi connectivity index (χ0) is 19.3. The summed E-state index contributed by atoms with van der Waals surface area (Å²) in [7, 11) is 0. The van der Waals surface area contributed by atoms with Crippen molar-refractivity contribution < 1.29 is 26.3 Å². The Morgan fingerprint density at radius 3 is 2.38 bits per heavy atom. The van der Waals surface area contributed by atoms with E-state index in [1.807, 2.05) is 52.2 Å². The first kappa shape index (κ1) is 21.4. The maximum absolute atomic E-state index is 12.9. The molecule has 0 aliphatic carbocycles. The molecule has 1 aromatic carbocycles. The van der Waals surface area contributed by atoms with Crippen LogP contribution in [-0.4, -0.2) is 47.0 Å². The molecule has 1 saturated heterocycles. The molecule has 1 aliphatic heterocycles. The number of rotatable bonds is 4. The normalized spacial score (nSPS) is 13.7. The smallest absolute Gasteiger partial charge is 0.260 e. The highest BCUT2D eigenvalue weighted by molar-refractivity contribution is 9.10. The van der Waals surface area contributed by atoms with Gasteiger partial charge in [-0.2, -0.15) is 4.57 Å². The number of carbonyl (C=O) groups is 1. The van der Waals surface area contributed by atoms with Crippen molar-refractivity contribution in [2.45, 2.75) is 6.54 Å². The number of carbonyl (C=O) groups excluding carboxylic acids is 1. The van der Waals surface area contributed by atoms with Gasteiger partial charge in [-0.25, -0.2) is 9.97 Å². The molecule has 6 nitrogen and oxygen atoms in total. The molecule has 1 fully saturated rings. The van der Waals surface area contributed by atoms with E-state index in [1.165, 1.54) is 5.56 Å². The van der Waals surface area contributed by atoms with Crippen LogP contribution >= 0.6 is 15.9 Å². The fourth-order valence-corrected chi connectivity index (χ4v) is 3.56. The number of pyridine rings is 1. The van der Waals surface area contributed by atoms with Gasteiger partial charge in [-0.15, -0.1) is 0 Å². The van der Waals surface area contributed by atoms with Gasteiger partial charge in [-0.3, -0.25) is 4.79 Å². The number of anilines is 1. The van der Waals surface area contributed by atoms with Gasteiger partial charge >= 0.3 is 0 Å². The van der Waals surface area contributed by atoms with Gasteiger partial charge < -0.3 is 26.8 Å². The Hall–Kier alpha value is -2.32. The molecule has 150 valence electrons. The number of aromatic nitrogens is 3. The summed E-state index contributed by atoms with van der Waals surface area (Å²) in [5, 5.41) is 0. The van der Waals surface area contributed by atoms with Crippen molar-refractivity contribution >= 4 is 27.8 Å². The van der Waals surface area contributed by atoms with Gasteiger partial charge in [0.1, 0.15) is 5.56 Å². The lowest BCUT2D eigenvalue weighted by Crippen LogP contribution is -3.00. The van der Waals surface area contributed by atoms with E-state index in [0.29, 0.717) is 18.7 Å². The minimum Gasteiger partial charge on any atom is -1.00 e. The first-order valence-corrected chi connectivity index (χ1v) is 10.0. The number of benzene rings is 1. The first-order valence-electron chi connectivity index (χ1n) is 9.24. The molecule has 2 aromatic heterocycles. The van der Waals surface area contributed by atoms with Crippen molar-refractivity contribution in [3.05, 3.63) is 82.9 Å². The highest BCUT2D eigenvalue weighted by Crippen LogP contribution is 2.13. The van der Waals surface area contributed by atoms with E-state index in [9.17, 15) is 4.79 Å². The molecule has 0 N–H and O–H groups in total. The maximum atomic E-state index is 12.9. The Labute approximate surface area is 189 Å². The van der Waals surface area contributed by atoms with Crippen LogP contribution in [0.3, 0.4) is 0 Å². The minimum atomic E-state index is 0. The molecule has 0 radical (unpaired) electrons. The van der Waals surface area contributed by atoms with Gasteiger partial charge in [0.2, 0.25) is 5.95 Å². The number of amides is 1. The summed E-state index contributed by atoms with van der Waals surface area (Å²) in [4.78, 5) is 25.5. The number of nitrogens with zero attached hydrogens (tertiary/aromatic N) is 5. The molecule has 8 heteroatoms. The van der Waals surface area contributed by atoms with Crippen LogP contribution in [0, 0.1) is 0 Å². The highest BCUT2D eigenvalue weighted by atomic mass is 79.9. The zero-order valence-corrected chi connectivity index (χ0v) is 19.0. The molecular weight excluding hydrogens is 498 g/mol. The standard InChI is InChI=1S/C21H21BrN5O.BrH/c22-19-6-4-17(5-7-19)15-25-10-1-3-18(16-25)20(28)26-11-13-27(14-12-26)21-23-8-2-9-24-21;/h1-10,16H,11-15H2;1H/q+1;/p-1. The summed E-state index contributed by atoms with van der Waals surface area (Å²) in [6.45, 7) is 3.54. The molecule has 4 rings (SSSR count). The van der Waals surface area contributed by atoms with Crippen molar-refractivity contribution in [3.8, 4) is 0 Å². The maximum Gasteiger partial charge on any atom is 0.260 e. The molecule has 29 heavy (non-hydrogen) atoms. The Balaban J connectivity index is 0.00000240. The third kappa shape index (κ3) is 5.39. The van der Waals surface area contributed by atoms with Crippen LogP contribution in [0.5, 0.6) is 0 Å². The number of piperazine rings is 1. The summed E-state index contributed by atoms with van der Waals surface area (Å²) in [5.41, 5.74) is 1.90. The van der Waals surface area contributed by atoms with Gasteiger partial charge in [0.05, 0.1) is 0 Å². The Bertz CT molecular complexity index is 945. The lowest BCUT2D eigenvalue weighted by molar-refractivity contribution is -0.688. The predicted molar refractivity (Wildman–Crippen MR) is 110 cm³/mol. The second kappa shape index (κ2) is 9.93. The van der Waals surface area contributed by atoms with Crippen LogP contribution < -0.4 is 26.4 Å². The van der Waals surface area contributed by atoms with Crippen molar-refractivity contribution in [1.82, 2.24) is 14.9 Å². The minimum absolute atomic E-state index is 0. The second-order valence-corrected chi connectivity index (χ2v) is 7.64. The lowest BCUT2D eigenvalue weighted by Gasteiger charge is -2.34. The monoisotopic (exact) mass is 517 g/mol. The van der Waals surface area contributed by atoms with E-state index in [-0.39, 0.29) is 22.9 Å². The SMILES string of the molecule is O=C(c1ccc[n+](Cc2ccc(Br)cc2)c1)N1CCN(c2ncccn2)CC1.[Br-]. The van der Waals surface area contributed by atoms with Gasteiger partial charge in [0.25, 0.3) is 5.91 Å². The van der Waals surface area contributed by atoms with E-state index < -0.39 is 0 Å². The second-order valence-electron chi connectivity index (χ2n) is 6.72. The molecule has 3 aromatic rings. The average molecular weight is 519 g/mol. The Morgan fingerprint density at radius 2 is 1.69 bits per heavy atom. The summed E-state index contributed by atoms with van der Waals surface area (Å²) in [6, 6.07) is 13.8. The molecule has 0 atom stereocenters. The summed E-state index contributed by atoms with van der Waals surface area (Å²) >= 11 is 3.46. The first-order chi connectivity index (χ1) is 13.7. The van der Waals surface area contributed by atoms with Crippen molar-refractivity contribution in [1.29, 1.82) is 0 Å². The van der Waals surface area contributed by atoms with Crippen LogP contribution in [-0.2, 0) is 6.54 Å². The van der Waals surface area contributed by atoms with Gasteiger partial charge in [0, 0.05) is 54.7 Å². The number of halogens is 2. The van der Waals surface area contributed by atoms with Crippen molar-refractivity contribution in [2.75, 3.05) is 31.1 Å². The van der Waals surface area contributed by atoms with Crippen LogP contribution in [0.1, 0.15) is 15.9 Å². The molecule has 0 spiro atoms. The Kier molecular flexibility index (Phi) is 7.33. The topological polar surface area (TPSA) is 53.2 Å². The fourth-order valence-electron chi connectivity index (χ4n) is 3.29. The zero-order valence-electron chi connectivity index (χ0n) is 15.8. The molecule has 1 aliphatic rings. The average Bonchev–Trinajstić information content (AvgIpc) is 2.76. The Morgan fingerprint density at radius 1 is 1.00 bits per heavy atom. The molecular formula is C21H21Br2N5O. The quantitative estimate of drug-likeness (QED) is 0.439. The fraction of sp³-hybridized carbons (Fsp3) is 0.238. The van der Waals surface area contributed by atoms with Gasteiger partial charge in [-0.05, 0) is 24.3 Å². The van der Waals surface area contributed by atoms with Crippen molar-refractivity contribution in [3.63, 3.8) is 0 Å². The van der Waals surface area contributed by atoms with Crippen LogP contribution in [0.4, 0.5) is 5.95 Å².